The molecule has 1 heterocycles. The van der Waals surface area contributed by atoms with E-state index in [4.69, 9.17) is 0 Å². The van der Waals surface area contributed by atoms with Gasteiger partial charge in [-0.3, -0.25) is 4.99 Å². The monoisotopic (exact) mass is 254 g/mol. The zero-order valence-electron chi connectivity index (χ0n) is 12.0. The lowest BCUT2D eigenvalue weighted by atomic mass is 9.80. The van der Waals surface area contributed by atoms with Crippen molar-refractivity contribution in [2.75, 3.05) is 0 Å². The molecule has 1 aliphatic heterocycles. The fraction of sp³-hybridized carbons (Fsp3) is 0.929. The molecule has 104 valence electrons. The number of hydrogen-bond acceptors (Lipinski definition) is 4. The van der Waals surface area contributed by atoms with Crippen molar-refractivity contribution in [2.45, 2.75) is 77.1 Å². The van der Waals surface area contributed by atoms with Gasteiger partial charge < -0.3 is 10.3 Å². The van der Waals surface area contributed by atoms with Crippen molar-refractivity contribution in [3.05, 3.63) is 0 Å². The van der Waals surface area contributed by atoms with Gasteiger partial charge in [-0.1, -0.05) is 12.8 Å². The van der Waals surface area contributed by atoms with Gasteiger partial charge in [-0.05, 0) is 52.9 Å². The first-order chi connectivity index (χ1) is 8.25. The zero-order valence-corrected chi connectivity index (χ0v) is 12.0. The van der Waals surface area contributed by atoms with Crippen molar-refractivity contribution >= 4 is 5.71 Å². The number of rotatable bonds is 2. The van der Waals surface area contributed by atoms with Crippen LogP contribution in [0.3, 0.4) is 0 Å². The highest BCUT2D eigenvalue weighted by atomic mass is 16.5. The van der Waals surface area contributed by atoms with Crippen LogP contribution in [0, 0.1) is 5.92 Å². The van der Waals surface area contributed by atoms with Gasteiger partial charge >= 0.3 is 0 Å². The summed E-state index contributed by atoms with van der Waals surface area (Å²) < 4.78 is 0. The Kier molecular flexibility index (Phi) is 3.56. The van der Waals surface area contributed by atoms with Crippen molar-refractivity contribution in [1.29, 1.82) is 0 Å². The molecule has 0 amide bonds. The van der Waals surface area contributed by atoms with Crippen LogP contribution in [0.15, 0.2) is 4.99 Å². The predicted octanol–water partition coefficient (Wildman–Crippen LogP) is 2.59. The zero-order chi connectivity index (χ0) is 13.6. The molecule has 1 aliphatic carbocycles. The fourth-order valence-corrected chi connectivity index (χ4v) is 3.29. The van der Waals surface area contributed by atoms with Crippen LogP contribution in [0.4, 0.5) is 0 Å². The normalized spacial score (nSPS) is 35.6. The summed E-state index contributed by atoms with van der Waals surface area (Å²) in [7, 11) is 0. The number of hydrogen-bond donors (Lipinski definition) is 2. The minimum Gasteiger partial charge on any atom is -0.393 e. The van der Waals surface area contributed by atoms with Crippen molar-refractivity contribution in [1.82, 2.24) is 5.06 Å². The summed E-state index contributed by atoms with van der Waals surface area (Å²) in [5, 5.41) is 21.6. The average molecular weight is 254 g/mol. The van der Waals surface area contributed by atoms with Gasteiger partial charge in [0.25, 0.3) is 0 Å². The molecule has 0 aromatic carbocycles. The smallest absolute Gasteiger partial charge is 0.130 e. The van der Waals surface area contributed by atoms with Crippen LogP contribution in [-0.2, 0) is 0 Å². The molecule has 18 heavy (non-hydrogen) atoms. The second-order valence-electron chi connectivity index (χ2n) is 6.74. The van der Waals surface area contributed by atoms with Crippen LogP contribution in [0.5, 0.6) is 0 Å². The highest BCUT2D eigenvalue weighted by molar-refractivity contribution is 5.94. The molecule has 4 heteroatoms. The minimum absolute atomic E-state index is 0.201. The van der Waals surface area contributed by atoms with Gasteiger partial charge in [0.2, 0.25) is 0 Å². The Hall–Kier alpha value is -0.450. The Morgan fingerprint density at radius 3 is 2.33 bits per heavy atom. The Morgan fingerprint density at radius 1 is 1.22 bits per heavy atom. The van der Waals surface area contributed by atoms with Crippen LogP contribution < -0.4 is 0 Å². The topological polar surface area (TPSA) is 56.1 Å². The Bertz CT molecular complexity index is 350. The SMILES string of the molecule is CC1(C)N=C(CC2CCCCC2O)C(C)(C)N1O. The first-order valence-electron chi connectivity index (χ1n) is 7.01. The molecule has 4 nitrogen and oxygen atoms in total. The van der Waals surface area contributed by atoms with E-state index in [-0.39, 0.29) is 6.10 Å². The summed E-state index contributed by atoms with van der Waals surface area (Å²) in [5.74, 6) is 0.305. The summed E-state index contributed by atoms with van der Waals surface area (Å²) in [5.41, 5.74) is 0.0278. The number of aliphatic hydroxyl groups excluding tert-OH is 1. The molecule has 2 unspecified atom stereocenters. The summed E-state index contributed by atoms with van der Waals surface area (Å²) in [6.45, 7) is 7.82. The van der Waals surface area contributed by atoms with Gasteiger partial charge in [0.05, 0.1) is 11.6 Å². The van der Waals surface area contributed by atoms with Crippen LogP contribution in [0.2, 0.25) is 0 Å². The fourth-order valence-electron chi connectivity index (χ4n) is 3.29. The van der Waals surface area contributed by atoms with Crippen LogP contribution >= 0.6 is 0 Å². The molecule has 2 rings (SSSR count). The van der Waals surface area contributed by atoms with Gasteiger partial charge in [0.1, 0.15) is 5.66 Å². The Morgan fingerprint density at radius 2 is 1.83 bits per heavy atom. The third-order valence-electron chi connectivity index (χ3n) is 4.49. The Balaban J connectivity index is 2.13. The van der Waals surface area contributed by atoms with E-state index in [2.05, 4.69) is 4.99 Å². The molecule has 0 spiro atoms. The highest BCUT2D eigenvalue weighted by Crippen LogP contribution is 2.37. The van der Waals surface area contributed by atoms with E-state index >= 15 is 0 Å². The van der Waals surface area contributed by atoms with E-state index < -0.39 is 11.2 Å². The van der Waals surface area contributed by atoms with Crippen molar-refractivity contribution in [3.8, 4) is 0 Å². The number of nitrogens with zero attached hydrogens (tertiary/aromatic N) is 2. The van der Waals surface area contributed by atoms with Gasteiger partial charge in [-0.25, -0.2) is 0 Å². The summed E-state index contributed by atoms with van der Waals surface area (Å²) >= 11 is 0. The molecule has 2 N–H and O–H groups in total. The molecule has 0 bridgehead atoms. The molecule has 0 saturated heterocycles. The maximum absolute atomic E-state index is 10.2. The standard InChI is InChI=1S/C14H26N2O2/c1-13(2)12(15-14(3,4)16(13)18)9-10-7-5-6-8-11(10)17/h10-11,17-18H,5-9H2,1-4H3. The summed E-state index contributed by atoms with van der Waals surface area (Å²) in [4.78, 5) is 4.66. The molecule has 2 aliphatic rings. The second kappa shape index (κ2) is 4.58. The van der Waals surface area contributed by atoms with E-state index in [1.54, 1.807) is 0 Å². The van der Waals surface area contributed by atoms with Gasteiger partial charge in [-0.15, -0.1) is 0 Å². The third kappa shape index (κ3) is 2.33. The van der Waals surface area contributed by atoms with E-state index in [0.717, 1.165) is 31.4 Å². The molecular formula is C14H26N2O2. The second-order valence-corrected chi connectivity index (χ2v) is 6.74. The van der Waals surface area contributed by atoms with Crippen LogP contribution in [0.25, 0.3) is 0 Å². The number of aliphatic hydroxyl groups is 1. The molecule has 0 aromatic heterocycles. The molecule has 1 fully saturated rings. The van der Waals surface area contributed by atoms with Gasteiger partial charge in [0, 0.05) is 5.71 Å². The summed E-state index contributed by atoms with van der Waals surface area (Å²) in [6.07, 6.45) is 4.90. The third-order valence-corrected chi connectivity index (χ3v) is 4.49. The molecular weight excluding hydrogens is 228 g/mol. The molecule has 2 atom stereocenters. The largest absolute Gasteiger partial charge is 0.393 e. The highest BCUT2D eigenvalue weighted by Gasteiger charge is 2.47. The van der Waals surface area contributed by atoms with Crippen molar-refractivity contribution in [3.63, 3.8) is 0 Å². The molecule has 0 radical (unpaired) electrons. The summed E-state index contributed by atoms with van der Waals surface area (Å²) in [6, 6.07) is 0. The number of hydroxylamine groups is 2. The maximum atomic E-state index is 10.2. The van der Waals surface area contributed by atoms with Crippen molar-refractivity contribution in [2.24, 2.45) is 10.9 Å². The quantitative estimate of drug-likeness (QED) is 0.796. The number of aliphatic imine (C=N–C) groups is 1. The lowest BCUT2D eigenvalue weighted by Crippen LogP contribution is -2.50. The average Bonchev–Trinajstić information content (AvgIpc) is 2.43. The molecule has 1 saturated carbocycles. The van der Waals surface area contributed by atoms with Crippen LogP contribution in [-0.4, -0.2) is 38.4 Å². The predicted molar refractivity (Wildman–Crippen MR) is 71.8 cm³/mol. The first kappa shape index (κ1) is 14.0. The van der Waals surface area contributed by atoms with Crippen LogP contribution in [0.1, 0.15) is 59.8 Å². The van der Waals surface area contributed by atoms with Gasteiger partial charge in [-0.2, -0.15) is 5.06 Å². The first-order valence-corrected chi connectivity index (χ1v) is 7.01. The lowest BCUT2D eigenvalue weighted by molar-refractivity contribution is -0.188. The lowest BCUT2D eigenvalue weighted by Gasteiger charge is -2.35. The van der Waals surface area contributed by atoms with E-state index in [1.807, 2.05) is 27.7 Å². The maximum Gasteiger partial charge on any atom is 0.130 e. The minimum atomic E-state index is -0.557. The Labute approximate surface area is 110 Å². The van der Waals surface area contributed by atoms with Crippen molar-refractivity contribution < 1.29 is 10.3 Å². The van der Waals surface area contributed by atoms with E-state index in [1.165, 1.54) is 11.5 Å². The van der Waals surface area contributed by atoms with Gasteiger partial charge in [0.15, 0.2) is 0 Å². The van der Waals surface area contributed by atoms with E-state index in [0.29, 0.717) is 5.92 Å². The molecule has 0 aromatic rings. The van der Waals surface area contributed by atoms with E-state index in [9.17, 15) is 10.3 Å².